The summed E-state index contributed by atoms with van der Waals surface area (Å²) in [5.74, 6) is -0.717. The van der Waals surface area contributed by atoms with Crippen molar-refractivity contribution in [3.05, 3.63) is 0 Å². The lowest BCUT2D eigenvalue weighted by atomic mass is 10.1. The van der Waals surface area contributed by atoms with Gasteiger partial charge in [0.05, 0.1) is 12.5 Å². The second-order valence-electron chi connectivity index (χ2n) is 4.59. The number of rotatable bonds is 4. The predicted octanol–water partition coefficient (Wildman–Crippen LogP) is -0.0861. The van der Waals surface area contributed by atoms with Crippen molar-refractivity contribution < 1.29 is 14.6 Å². The largest absolute Gasteiger partial charge is 0.481 e. The van der Waals surface area contributed by atoms with E-state index < -0.39 is 5.97 Å². The first-order valence-corrected chi connectivity index (χ1v) is 6.04. The first-order chi connectivity index (χ1) is 7.75. The Kier molecular flexibility index (Phi) is 4.15. The van der Waals surface area contributed by atoms with Gasteiger partial charge in [0.25, 0.3) is 0 Å². The first-order valence-electron chi connectivity index (χ1n) is 6.04. The average Bonchev–Trinajstić information content (AvgIpc) is 2.73. The number of ether oxygens (including phenoxy) is 1. The van der Waals surface area contributed by atoms with Crippen LogP contribution in [0.4, 0.5) is 0 Å². The third-order valence-electron chi connectivity index (χ3n) is 3.34. The predicted molar refractivity (Wildman–Crippen MR) is 59.5 cm³/mol. The summed E-state index contributed by atoms with van der Waals surface area (Å²) in [7, 11) is 0. The molecule has 92 valence electrons. The molecule has 5 nitrogen and oxygen atoms in total. The van der Waals surface area contributed by atoms with Gasteiger partial charge in [0.15, 0.2) is 0 Å². The quantitative estimate of drug-likeness (QED) is 0.704. The molecule has 2 rings (SSSR count). The molecule has 0 aromatic carbocycles. The molecule has 0 aromatic heterocycles. The van der Waals surface area contributed by atoms with E-state index in [2.05, 4.69) is 10.2 Å². The summed E-state index contributed by atoms with van der Waals surface area (Å²) in [6, 6.07) is 0.121. The van der Waals surface area contributed by atoms with E-state index in [9.17, 15) is 4.79 Å². The van der Waals surface area contributed by atoms with Crippen LogP contribution in [0.1, 0.15) is 19.3 Å². The zero-order chi connectivity index (χ0) is 11.4. The van der Waals surface area contributed by atoms with Crippen molar-refractivity contribution in [3.8, 4) is 0 Å². The molecular formula is C11H20N2O3. The number of hydrogen-bond donors (Lipinski definition) is 2. The molecule has 0 bridgehead atoms. The molecule has 0 aliphatic carbocycles. The maximum atomic E-state index is 10.8. The van der Waals surface area contributed by atoms with E-state index in [1.165, 1.54) is 0 Å². The molecule has 0 saturated carbocycles. The van der Waals surface area contributed by atoms with Crippen LogP contribution in [-0.2, 0) is 9.53 Å². The summed E-state index contributed by atoms with van der Waals surface area (Å²) in [6.07, 6.45) is 2.79. The number of piperazine rings is 1. The van der Waals surface area contributed by atoms with E-state index in [0.29, 0.717) is 6.10 Å². The smallest absolute Gasteiger partial charge is 0.304 e. The van der Waals surface area contributed by atoms with Gasteiger partial charge < -0.3 is 15.2 Å². The van der Waals surface area contributed by atoms with Gasteiger partial charge in [-0.25, -0.2) is 0 Å². The monoisotopic (exact) mass is 228 g/mol. The standard InChI is InChI=1S/C11H20N2O3/c14-11(15)6-9-7-12-3-4-13(9)8-10-2-1-5-16-10/h9-10,12H,1-8H2,(H,14,15). The third-order valence-corrected chi connectivity index (χ3v) is 3.34. The minimum absolute atomic E-state index is 0.121. The van der Waals surface area contributed by atoms with E-state index >= 15 is 0 Å². The molecule has 2 aliphatic rings. The summed E-state index contributed by atoms with van der Waals surface area (Å²) in [5, 5.41) is 12.1. The van der Waals surface area contributed by atoms with Crippen molar-refractivity contribution >= 4 is 5.97 Å². The number of carboxylic acid groups (broad SMARTS) is 1. The third kappa shape index (κ3) is 3.17. The molecular weight excluding hydrogens is 208 g/mol. The van der Waals surface area contributed by atoms with Crippen LogP contribution in [0.25, 0.3) is 0 Å². The van der Waals surface area contributed by atoms with Crippen molar-refractivity contribution in [1.29, 1.82) is 0 Å². The van der Waals surface area contributed by atoms with Crippen LogP contribution in [0.5, 0.6) is 0 Å². The van der Waals surface area contributed by atoms with E-state index in [0.717, 1.165) is 45.6 Å². The van der Waals surface area contributed by atoms with Crippen LogP contribution in [0.3, 0.4) is 0 Å². The molecule has 2 unspecified atom stereocenters. The van der Waals surface area contributed by atoms with E-state index in [4.69, 9.17) is 9.84 Å². The molecule has 16 heavy (non-hydrogen) atoms. The second kappa shape index (κ2) is 5.61. The van der Waals surface area contributed by atoms with Crippen LogP contribution in [-0.4, -0.2) is 60.9 Å². The highest BCUT2D eigenvalue weighted by atomic mass is 16.5. The normalized spacial score (nSPS) is 31.8. The average molecular weight is 228 g/mol. The molecule has 0 spiro atoms. The van der Waals surface area contributed by atoms with Gasteiger partial charge >= 0.3 is 5.97 Å². The van der Waals surface area contributed by atoms with E-state index in [-0.39, 0.29) is 12.5 Å². The fourth-order valence-corrected chi connectivity index (χ4v) is 2.50. The van der Waals surface area contributed by atoms with Crippen molar-refractivity contribution in [3.63, 3.8) is 0 Å². The zero-order valence-electron chi connectivity index (χ0n) is 9.52. The molecule has 2 fully saturated rings. The van der Waals surface area contributed by atoms with Gasteiger partial charge in [-0.15, -0.1) is 0 Å². The minimum atomic E-state index is -0.717. The molecule has 0 aromatic rings. The maximum absolute atomic E-state index is 10.8. The number of nitrogens with zero attached hydrogens (tertiary/aromatic N) is 1. The molecule has 2 heterocycles. The zero-order valence-corrected chi connectivity index (χ0v) is 9.52. The highest BCUT2D eigenvalue weighted by Gasteiger charge is 2.27. The summed E-state index contributed by atoms with van der Waals surface area (Å²) >= 11 is 0. The van der Waals surface area contributed by atoms with Crippen molar-refractivity contribution in [2.24, 2.45) is 0 Å². The Morgan fingerprint density at radius 1 is 1.56 bits per heavy atom. The molecule has 2 aliphatic heterocycles. The number of carbonyl (C=O) groups is 1. The van der Waals surface area contributed by atoms with E-state index in [1.807, 2.05) is 0 Å². The highest BCUT2D eigenvalue weighted by molar-refractivity contribution is 5.67. The van der Waals surface area contributed by atoms with Gasteiger partial charge in [-0.05, 0) is 12.8 Å². The molecule has 0 amide bonds. The minimum Gasteiger partial charge on any atom is -0.481 e. The van der Waals surface area contributed by atoms with Gasteiger partial charge in [-0.1, -0.05) is 0 Å². The number of nitrogens with one attached hydrogen (secondary N) is 1. The van der Waals surface area contributed by atoms with Crippen LogP contribution in [0.2, 0.25) is 0 Å². The Morgan fingerprint density at radius 3 is 3.12 bits per heavy atom. The first kappa shape index (κ1) is 11.8. The lowest BCUT2D eigenvalue weighted by Gasteiger charge is -2.36. The Bertz CT molecular complexity index is 241. The van der Waals surface area contributed by atoms with Crippen molar-refractivity contribution in [2.75, 3.05) is 32.8 Å². The van der Waals surface area contributed by atoms with Crippen LogP contribution in [0, 0.1) is 0 Å². The second-order valence-corrected chi connectivity index (χ2v) is 4.59. The molecule has 2 saturated heterocycles. The van der Waals surface area contributed by atoms with Crippen LogP contribution in [0.15, 0.2) is 0 Å². The molecule has 2 N–H and O–H groups in total. The van der Waals surface area contributed by atoms with Crippen LogP contribution < -0.4 is 5.32 Å². The highest BCUT2D eigenvalue weighted by Crippen LogP contribution is 2.16. The fourth-order valence-electron chi connectivity index (χ4n) is 2.50. The van der Waals surface area contributed by atoms with Gasteiger partial charge in [0, 0.05) is 38.8 Å². The van der Waals surface area contributed by atoms with Gasteiger partial charge in [0.2, 0.25) is 0 Å². The molecule has 5 heteroatoms. The number of hydrogen-bond acceptors (Lipinski definition) is 4. The summed E-state index contributed by atoms with van der Waals surface area (Å²) < 4.78 is 5.60. The van der Waals surface area contributed by atoms with Crippen molar-refractivity contribution in [2.45, 2.75) is 31.4 Å². The van der Waals surface area contributed by atoms with Gasteiger partial charge in [0.1, 0.15) is 0 Å². The number of aliphatic carboxylic acids is 1. The Labute approximate surface area is 95.8 Å². The topological polar surface area (TPSA) is 61.8 Å². The van der Waals surface area contributed by atoms with Gasteiger partial charge in [-0.3, -0.25) is 9.69 Å². The summed E-state index contributed by atoms with van der Waals surface area (Å²) in [5.41, 5.74) is 0. The fraction of sp³-hybridized carbons (Fsp3) is 0.909. The summed E-state index contributed by atoms with van der Waals surface area (Å²) in [6.45, 7) is 4.40. The Morgan fingerprint density at radius 2 is 2.44 bits per heavy atom. The lowest BCUT2D eigenvalue weighted by molar-refractivity contribution is -0.138. The molecule has 0 radical (unpaired) electrons. The SMILES string of the molecule is O=C(O)CC1CNCCN1CC1CCCO1. The summed E-state index contributed by atoms with van der Waals surface area (Å²) in [4.78, 5) is 13.0. The van der Waals surface area contributed by atoms with Crippen molar-refractivity contribution in [1.82, 2.24) is 10.2 Å². The maximum Gasteiger partial charge on any atom is 0.304 e. The van der Waals surface area contributed by atoms with Crippen LogP contribution >= 0.6 is 0 Å². The lowest BCUT2D eigenvalue weighted by Crippen LogP contribution is -2.53. The number of carboxylic acids is 1. The Balaban J connectivity index is 1.85. The van der Waals surface area contributed by atoms with E-state index in [1.54, 1.807) is 0 Å². The molecule has 2 atom stereocenters. The van der Waals surface area contributed by atoms with Gasteiger partial charge in [-0.2, -0.15) is 0 Å². The Hall–Kier alpha value is -0.650.